The van der Waals surface area contributed by atoms with E-state index in [1.54, 1.807) is 12.1 Å². The number of fused-ring (bicyclic) bond motifs is 1. The molecule has 0 spiro atoms. The molecule has 21 heavy (non-hydrogen) atoms. The third-order valence-electron chi connectivity index (χ3n) is 3.22. The van der Waals surface area contributed by atoms with E-state index >= 15 is 0 Å². The number of aryl methyl sites for hydroxylation is 1. The first-order valence-electron chi connectivity index (χ1n) is 6.46. The molecule has 0 saturated heterocycles. The second kappa shape index (κ2) is 5.57. The molecule has 0 aliphatic rings. The van der Waals surface area contributed by atoms with Gasteiger partial charge in [0.15, 0.2) is 0 Å². The lowest BCUT2D eigenvalue weighted by molar-refractivity contribution is 0.645. The first kappa shape index (κ1) is 13.6. The lowest BCUT2D eigenvalue weighted by Crippen LogP contribution is -2.23. The van der Waals surface area contributed by atoms with E-state index in [0.717, 1.165) is 16.1 Å². The van der Waals surface area contributed by atoms with Gasteiger partial charge in [-0.15, -0.1) is 16.9 Å². The van der Waals surface area contributed by atoms with Gasteiger partial charge in [0.2, 0.25) is 0 Å². The quantitative estimate of drug-likeness (QED) is 0.594. The van der Waals surface area contributed by atoms with Gasteiger partial charge in [-0.05, 0) is 42.8 Å². The molecule has 3 rings (SSSR count). The highest BCUT2D eigenvalue weighted by atomic mass is 32.2. The van der Waals surface area contributed by atoms with Crippen LogP contribution >= 0.6 is 11.8 Å². The first-order chi connectivity index (χ1) is 10.1. The molecule has 1 aromatic heterocycles. The topological polar surface area (TPSA) is 73.8 Å². The van der Waals surface area contributed by atoms with E-state index in [1.807, 2.05) is 37.3 Å². The number of rotatable bonds is 3. The molecule has 2 aromatic carbocycles. The molecule has 5 nitrogen and oxygen atoms in total. The number of hydrogen-bond acceptors (Lipinski definition) is 5. The Bertz CT molecular complexity index is 860. The number of thioether (sulfide) groups is 1. The summed E-state index contributed by atoms with van der Waals surface area (Å²) in [5.74, 6) is 0.417. The lowest BCUT2D eigenvalue weighted by Gasteiger charge is -2.06. The SMILES string of the molecule is Cc1cc(SCn2nnc3ccccc3c2=O)ccc1N. The molecule has 106 valence electrons. The first-order valence-corrected chi connectivity index (χ1v) is 7.45. The van der Waals surface area contributed by atoms with Gasteiger partial charge in [0.25, 0.3) is 5.56 Å². The summed E-state index contributed by atoms with van der Waals surface area (Å²) in [4.78, 5) is 13.3. The highest BCUT2D eigenvalue weighted by Gasteiger charge is 2.05. The normalized spacial score (nSPS) is 10.9. The Kier molecular flexibility index (Phi) is 3.62. The Hall–Kier alpha value is -2.34. The van der Waals surface area contributed by atoms with E-state index in [4.69, 9.17) is 5.73 Å². The minimum absolute atomic E-state index is 0.125. The maximum atomic E-state index is 12.3. The van der Waals surface area contributed by atoms with Crippen molar-refractivity contribution in [3.63, 3.8) is 0 Å². The Balaban J connectivity index is 1.86. The molecule has 1 heterocycles. The van der Waals surface area contributed by atoms with Crippen LogP contribution in [0.2, 0.25) is 0 Å². The van der Waals surface area contributed by atoms with E-state index in [-0.39, 0.29) is 5.56 Å². The number of nitrogen functional groups attached to an aromatic ring is 1. The van der Waals surface area contributed by atoms with Crippen molar-refractivity contribution >= 4 is 28.4 Å². The summed E-state index contributed by atoms with van der Waals surface area (Å²) in [7, 11) is 0. The molecule has 0 saturated carbocycles. The monoisotopic (exact) mass is 298 g/mol. The minimum atomic E-state index is -0.125. The molecule has 0 aliphatic heterocycles. The van der Waals surface area contributed by atoms with Crippen molar-refractivity contribution in [2.24, 2.45) is 0 Å². The van der Waals surface area contributed by atoms with E-state index < -0.39 is 0 Å². The third-order valence-corrected chi connectivity index (χ3v) is 4.19. The molecule has 0 unspecified atom stereocenters. The van der Waals surface area contributed by atoms with Crippen LogP contribution in [0.25, 0.3) is 10.9 Å². The van der Waals surface area contributed by atoms with E-state index in [9.17, 15) is 4.79 Å². The number of anilines is 1. The predicted molar refractivity (Wildman–Crippen MR) is 85.2 cm³/mol. The average Bonchev–Trinajstić information content (AvgIpc) is 2.50. The van der Waals surface area contributed by atoms with Crippen LogP contribution in [-0.2, 0) is 5.88 Å². The van der Waals surface area contributed by atoms with Gasteiger partial charge in [-0.3, -0.25) is 4.79 Å². The Morgan fingerprint density at radius 2 is 2.05 bits per heavy atom. The number of hydrogen-bond donors (Lipinski definition) is 1. The smallest absolute Gasteiger partial charge is 0.278 e. The van der Waals surface area contributed by atoms with Crippen molar-refractivity contribution in [3.05, 3.63) is 58.4 Å². The van der Waals surface area contributed by atoms with Gasteiger partial charge < -0.3 is 5.73 Å². The highest BCUT2D eigenvalue weighted by Crippen LogP contribution is 2.23. The van der Waals surface area contributed by atoms with Crippen molar-refractivity contribution in [1.29, 1.82) is 0 Å². The summed E-state index contributed by atoms with van der Waals surface area (Å²) in [6.07, 6.45) is 0. The summed E-state index contributed by atoms with van der Waals surface area (Å²) >= 11 is 1.52. The minimum Gasteiger partial charge on any atom is -0.399 e. The summed E-state index contributed by atoms with van der Waals surface area (Å²) in [5, 5.41) is 8.62. The van der Waals surface area contributed by atoms with Crippen molar-refractivity contribution in [1.82, 2.24) is 15.0 Å². The van der Waals surface area contributed by atoms with Crippen LogP contribution in [0, 0.1) is 6.92 Å². The molecule has 0 radical (unpaired) electrons. The van der Waals surface area contributed by atoms with Crippen LogP contribution < -0.4 is 11.3 Å². The van der Waals surface area contributed by atoms with Crippen LogP contribution in [0.1, 0.15) is 5.56 Å². The van der Waals surface area contributed by atoms with Crippen LogP contribution in [-0.4, -0.2) is 15.0 Å². The van der Waals surface area contributed by atoms with Crippen molar-refractivity contribution in [2.75, 3.05) is 5.73 Å². The summed E-state index contributed by atoms with van der Waals surface area (Å²) in [6.45, 7) is 1.96. The maximum Gasteiger partial charge on any atom is 0.278 e. The molecule has 0 bridgehead atoms. The zero-order chi connectivity index (χ0) is 14.8. The number of benzene rings is 2. The zero-order valence-corrected chi connectivity index (χ0v) is 12.3. The van der Waals surface area contributed by atoms with Crippen LogP contribution in [0.4, 0.5) is 5.69 Å². The van der Waals surface area contributed by atoms with Crippen LogP contribution in [0.5, 0.6) is 0 Å². The summed E-state index contributed by atoms with van der Waals surface area (Å²) in [5.41, 5.74) is 8.08. The van der Waals surface area contributed by atoms with Crippen molar-refractivity contribution < 1.29 is 0 Å². The molecular formula is C15H14N4OS. The standard InChI is InChI=1S/C15H14N4OS/c1-10-8-11(6-7-13(10)16)21-9-19-15(20)12-4-2-3-5-14(12)17-18-19/h2-8H,9,16H2,1H3. The fourth-order valence-electron chi connectivity index (χ4n) is 1.98. The molecule has 0 aliphatic carbocycles. The molecule has 3 aromatic rings. The lowest BCUT2D eigenvalue weighted by atomic mass is 10.2. The number of nitrogens with zero attached hydrogens (tertiary/aromatic N) is 3. The summed E-state index contributed by atoms with van der Waals surface area (Å²) < 4.78 is 1.37. The Morgan fingerprint density at radius 1 is 1.24 bits per heavy atom. The molecule has 0 amide bonds. The Labute approximate surface area is 125 Å². The fourth-order valence-corrected chi connectivity index (χ4v) is 2.85. The van der Waals surface area contributed by atoms with E-state index in [2.05, 4.69) is 10.3 Å². The van der Waals surface area contributed by atoms with Gasteiger partial charge in [0, 0.05) is 10.6 Å². The number of aromatic nitrogens is 3. The van der Waals surface area contributed by atoms with Gasteiger partial charge in [-0.1, -0.05) is 17.3 Å². The average molecular weight is 298 g/mol. The molecule has 6 heteroatoms. The van der Waals surface area contributed by atoms with Crippen molar-refractivity contribution in [2.45, 2.75) is 17.7 Å². The Morgan fingerprint density at radius 3 is 2.86 bits per heavy atom. The number of nitrogens with two attached hydrogens (primary N) is 1. The molecule has 2 N–H and O–H groups in total. The van der Waals surface area contributed by atoms with Crippen LogP contribution in [0.3, 0.4) is 0 Å². The fraction of sp³-hybridized carbons (Fsp3) is 0.133. The highest BCUT2D eigenvalue weighted by molar-refractivity contribution is 7.98. The largest absolute Gasteiger partial charge is 0.399 e. The zero-order valence-electron chi connectivity index (χ0n) is 11.5. The van der Waals surface area contributed by atoms with Gasteiger partial charge in [0.05, 0.1) is 11.3 Å². The molecular weight excluding hydrogens is 284 g/mol. The van der Waals surface area contributed by atoms with E-state index in [0.29, 0.717) is 16.8 Å². The third kappa shape index (κ3) is 2.75. The summed E-state index contributed by atoms with van der Waals surface area (Å²) in [6, 6.07) is 13.0. The van der Waals surface area contributed by atoms with Gasteiger partial charge in [0.1, 0.15) is 5.52 Å². The maximum absolute atomic E-state index is 12.3. The van der Waals surface area contributed by atoms with E-state index in [1.165, 1.54) is 16.4 Å². The second-order valence-corrected chi connectivity index (χ2v) is 5.72. The predicted octanol–water partition coefficient (Wildman–Crippen LogP) is 2.43. The van der Waals surface area contributed by atoms with Gasteiger partial charge in [-0.2, -0.15) is 0 Å². The second-order valence-electron chi connectivity index (χ2n) is 4.70. The van der Waals surface area contributed by atoms with Crippen LogP contribution in [0.15, 0.2) is 52.2 Å². The molecule has 0 fully saturated rings. The van der Waals surface area contributed by atoms with Gasteiger partial charge >= 0.3 is 0 Å². The molecule has 0 atom stereocenters. The van der Waals surface area contributed by atoms with Crippen molar-refractivity contribution in [3.8, 4) is 0 Å². The van der Waals surface area contributed by atoms with Gasteiger partial charge in [-0.25, -0.2) is 4.68 Å².